The van der Waals surface area contributed by atoms with Gasteiger partial charge in [0.05, 0.1) is 0 Å². The van der Waals surface area contributed by atoms with Crippen molar-refractivity contribution < 1.29 is 17.6 Å². The molecule has 1 aromatic carbocycles. The third kappa shape index (κ3) is 7.65. The molecule has 0 aliphatic heterocycles. The highest BCUT2D eigenvalue weighted by Crippen LogP contribution is 2.47. The van der Waals surface area contributed by atoms with Crippen molar-refractivity contribution >= 4 is 12.6 Å². The van der Waals surface area contributed by atoms with E-state index in [0.717, 1.165) is 37.3 Å². The van der Waals surface area contributed by atoms with Gasteiger partial charge in [-0.3, -0.25) is 0 Å². The standard InChI is InChI=1S/C30H41F4N3/c1-8-10-11-12-16-29(5,34)24-15-13-14-23(19-24)21(3)25(20-37(7)30(17-18-30)28(32)33)27(26(31)9-2)36-22(4)35-6/h9,13-15,19-21,28H,2,6,8,10-12,16-18H2,1,3-5,7H3/b25-20-,27-26-,36-22?. The summed E-state index contributed by atoms with van der Waals surface area (Å²) in [4.78, 5) is 9.54. The van der Waals surface area contributed by atoms with Crippen molar-refractivity contribution in [3.63, 3.8) is 0 Å². The van der Waals surface area contributed by atoms with Gasteiger partial charge in [-0.2, -0.15) is 0 Å². The van der Waals surface area contributed by atoms with E-state index in [2.05, 4.69) is 30.2 Å². The number of halogens is 4. The van der Waals surface area contributed by atoms with Crippen molar-refractivity contribution in [3.05, 3.63) is 71.3 Å². The fourth-order valence-corrected chi connectivity index (χ4v) is 4.46. The molecule has 1 fully saturated rings. The molecule has 2 atom stereocenters. The number of rotatable bonds is 14. The van der Waals surface area contributed by atoms with Crippen LogP contribution in [0.25, 0.3) is 0 Å². The zero-order chi connectivity index (χ0) is 27.8. The first kappa shape index (κ1) is 30.5. The van der Waals surface area contributed by atoms with Gasteiger partial charge < -0.3 is 4.90 Å². The lowest BCUT2D eigenvalue weighted by Crippen LogP contribution is -2.36. The van der Waals surface area contributed by atoms with Crippen LogP contribution in [0.2, 0.25) is 0 Å². The van der Waals surface area contributed by atoms with Crippen molar-refractivity contribution in [2.75, 3.05) is 7.05 Å². The summed E-state index contributed by atoms with van der Waals surface area (Å²) in [7, 11) is 1.57. The molecule has 1 aliphatic carbocycles. The Labute approximate surface area is 219 Å². The minimum atomic E-state index is -2.55. The van der Waals surface area contributed by atoms with Crippen LogP contribution in [-0.2, 0) is 5.67 Å². The second kappa shape index (κ2) is 13.2. The first-order valence-electron chi connectivity index (χ1n) is 13.0. The summed E-state index contributed by atoms with van der Waals surface area (Å²) in [5, 5.41) is 0. The van der Waals surface area contributed by atoms with Gasteiger partial charge in [0.15, 0.2) is 0 Å². The number of nitrogens with zero attached hydrogens (tertiary/aromatic N) is 3. The molecule has 1 saturated carbocycles. The average molecular weight is 520 g/mol. The number of alkyl halides is 3. The lowest BCUT2D eigenvalue weighted by Gasteiger charge is -2.29. The Balaban J connectivity index is 2.57. The molecule has 0 bridgehead atoms. The largest absolute Gasteiger partial charge is 0.369 e. The molecule has 0 radical (unpaired) electrons. The van der Waals surface area contributed by atoms with Crippen molar-refractivity contribution in [1.29, 1.82) is 0 Å². The summed E-state index contributed by atoms with van der Waals surface area (Å²) >= 11 is 0. The summed E-state index contributed by atoms with van der Waals surface area (Å²) in [5.74, 6) is -0.979. The first-order chi connectivity index (χ1) is 17.4. The number of allylic oxidation sites excluding steroid dienone is 3. The van der Waals surface area contributed by atoms with Gasteiger partial charge in [-0.25, -0.2) is 27.5 Å². The molecule has 0 aromatic heterocycles. The Morgan fingerprint density at radius 1 is 1.24 bits per heavy atom. The quantitative estimate of drug-likeness (QED) is 0.0792. The second-order valence-corrected chi connectivity index (χ2v) is 10.2. The Hall–Kier alpha value is -2.70. The van der Waals surface area contributed by atoms with E-state index >= 15 is 8.78 Å². The van der Waals surface area contributed by atoms with Crippen LogP contribution in [0.4, 0.5) is 17.6 Å². The van der Waals surface area contributed by atoms with E-state index in [0.29, 0.717) is 30.4 Å². The molecule has 204 valence electrons. The monoisotopic (exact) mass is 519 g/mol. The zero-order valence-electron chi connectivity index (χ0n) is 22.8. The van der Waals surface area contributed by atoms with Gasteiger partial charge >= 0.3 is 0 Å². The van der Waals surface area contributed by atoms with E-state index in [1.165, 1.54) is 11.1 Å². The first-order valence-corrected chi connectivity index (χ1v) is 13.0. The molecular formula is C30H41F4N3. The number of unbranched alkanes of at least 4 members (excludes halogenated alkanes) is 3. The van der Waals surface area contributed by atoms with Crippen LogP contribution < -0.4 is 0 Å². The Bertz CT molecular complexity index is 1040. The molecule has 2 rings (SSSR count). The van der Waals surface area contributed by atoms with Crippen molar-refractivity contribution in [3.8, 4) is 0 Å². The normalized spacial score (nSPS) is 18.6. The summed E-state index contributed by atoms with van der Waals surface area (Å²) < 4.78 is 58.5. The van der Waals surface area contributed by atoms with E-state index in [1.54, 1.807) is 39.1 Å². The Kier molecular flexibility index (Phi) is 10.9. The lowest BCUT2D eigenvalue weighted by atomic mass is 9.85. The molecule has 0 saturated heterocycles. The zero-order valence-corrected chi connectivity index (χ0v) is 22.8. The van der Waals surface area contributed by atoms with Crippen LogP contribution >= 0.6 is 0 Å². The maximum absolute atomic E-state index is 15.7. The maximum Gasteiger partial charge on any atom is 0.261 e. The van der Waals surface area contributed by atoms with Crippen LogP contribution in [0.15, 0.2) is 70.2 Å². The fourth-order valence-electron chi connectivity index (χ4n) is 4.46. The SMILES string of the molecule is C=C/C(F)=C(N=C(C)N=C)\C(=C/N(C)C1(C(F)F)CC1)C(C)c1cccc(C(C)(F)CCCCCC)c1. The molecule has 37 heavy (non-hydrogen) atoms. The van der Waals surface area contributed by atoms with Gasteiger partial charge in [-0.15, -0.1) is 0 Å². The molecule has 7 heteroatoms. The van der Waals surface area contributed by atoms with Gasteiger partial charge in [0.2, 0.25) is 0 Å². The van der Waals surface area contributed by atoms with E-state index in [9.17, 15) is 8.78 Å². The van der Waals surface area contributed by atoms with Crippen LogP contribution in [-0.4, -0.2) is 36.5 Å². The van der Waals surface area contributed by atoms with Gasteiger partial charge in [0.25, 0.3) is 6.43 Å². The molecule has 0 amide bonds. The van der Waals surface area contributed by atoms with Crippen LogP contribution in [0.1, 0.15) is 89.7 Å². The van der Waals surface area contributed by atoms with E-state index in [4.69, 9.17) is 0 Å². The highest BCUT2D eigenvalue weighted by atomic mass is 19.3. The highest BCUT2D eigenvalue weighted by molar-refractivity contribution is 5.85. The molecule has 3 nitrogen and oxygen atoms in total. The lowest BCUT2D eigenvalue weighted by molar-refractivity contribution is 0.0416. The highest BCUT2D eigenvalue weighted by Gasteiger charge is 2.54. The number of hydrogen-bond acceptors (Lipinski definition) is 2. The third-order valence-electron chi connectivity index (χ3n) is 7.34. The number of amidine groups is 1. The maximum atomic E-state index is 15.7. The predicted octanol–water partition coefficient (Wildman–Crippen LogP) is 9.04. The number of aliphatic imine (C=N–C) groups is 2. The summed E-state index contributed by atoms with van der Waals surface area (Å²) in [6.45, 7) is 14.1. The van der Waals surface area contributed by atoms with Crippen molar-refractivity contribution in [2.24, 2.45) is 9.98 Å². The number of benzene rings is 1. The van der Waals surface area contributed by atoms with Crippen molar-refractivity contribution in [1.82, 2.24) is 4.90 Å². The minimum Gasteiger partial charge on any atom is -0.369 e. The van der Waals surface area contributed by atoms with Crippen LogP contribution in [0.3, 0.4) is 0 Å². The predicted molar refractivity (Wildman–Crippen MR) is 147 cm³/mol. The van der Waals surface area contributed by atoms with Crippen LogP contribution in [0, 0.1) is 0 Å². The Morgan fingerprint density at radius 2 is 1.92 bits per heavy atom. The van der Waals surface area contributed by atoms with Gasteiger partial charge in [-0.1, -0.05) is 64.0 Å². The second-order valence-electron chi connectivity index (χ2n) is 10.2. The van der Waals surface area contributed by atoms with Gasteiger partial charge in [-0.05, 0) is 63.5 Å². The summed E-state index contributed by atoms with van der Waals surface area (Å²) in [5.41, 5.74) is -1.23. The summed E-state index contributed by atoms with van der Waals surface area (Å²) in [6, 6.07) is 7.15. The molecule has 0 N–H and O–H groups in total. The summed E-state index contributed by atoms with van der Waals surface area (Å²) in [6.07, 6.45) is 5.00. The smallest absolute Gasteiger partial charge is 0.261 e. The van der Waals surface area contributed by atoms with E-state index in [-0.39, 0.29) is 11.5 Å². The molecule has 2 unspecified atom stereocenters. The molecular weight excluding hydrogens is 478 g/mol. The third-order valence-corrected chi connectivity index (χ3v) is 7.34. The molecule has 0 spiro atoms. The van der Waals surface area contributed by atoms with Crippen LogP contribution in [0.5, 0.6) is 0 Å². The van der Waals surface area contributed by atoms with E-state index < -0.39 is 29.4 Å². The fraction of sp³-hybridized carbons (Fsp3) is 0.533. The topological polar surface area (TPSA) is 28.0 Å². The molecule has 0 heterocycles. The van der Waals surface area contributed by atoms with Gasteiger partial charge in [0, 0.05) is 24.7 Å². The average Bonchev–Trinajstić information content (AvgIpc) is 3.70. The molecule has 1 aromatic rings. The van der Waals surface area contributed by atoms with Crippen molar-refractivity contribution in [2.45, 2.75) is 96.2 Å². The van der Waals surface area contributed by atoms with E-state index in [1.807, 2.05) is 13.0 Å². The minimum absolute atomic E-state index is 0.0581. The number of hydrogen-bond donors (Lipinski definition) is 0. The molecule has 1 aliphatic rings. The van der Waals surface area contributed by atoms with Gasteiger partial charge in [0.1, 0.15) is 28.6 Å². The Morgan fingerprint density at radius 3 is 2.46 bits per heavy atom.